The first-order chi connectivity index (χ1) is 8.58. The second-order valence-corrected chi connectivity index (χ2v) is 4.41. The van der Waals surface area contributed by atoms with Crippen LogP contribution in [0, 0.1) is 0 Å². The fourth-order valence-corrected chi connectivity index (χ4v) is 1.61. The Kier molecular flexibility index (Phi) is 6.22. The van der Waals surface area contributed by atoms with Crippen molar-refractivity contribution in [3.8, 4) is 5.75 Å². The summed E-state index contributed by atoms with van der Waals surface area (Å²) in [5, 5.41) is 17.7. The summed E-state index contributed by atoms with van der Waals surface area (Å²) in [6.45, 7) is 1.96. The molecule has 0 heterocycles. The lowest BCUT2D eigenvalue weighted by molar-refractivity contribution is -0.137. The number of carbonyl (C=O) groups is 1. The second kappa shape index (κ2) is 7.71. The monoisotopic (exact) mass is 252 g/mol. The highest BCUT2D eigenvalue weighted by atomic mass is 16.5. The molecule has 100 valence electrons. The van der Waals surface area contributed by atoms with Crippen molar-refractivity contribution in [1.29, 1.82) is 0 Å². The molecule has 0 spiro atoms. The number of benzene rings is 1. The van der Waals surface area contributed by atoms with Gasteiger partial charge in [0.25, 0.3) is 0 Å². The van der Waals surface area contributed by atoms with Gasteiger partial charge in [-0.3, -0.25) is 4.79 Å². The van der Waals surface area contributed by atoms with E-state index in [1.54, 1.807) is 6.92 Å². The normalized spacial score (nSPS) is 12.1. The van der Waals surface area contributed by atoms with E-state index in [0.29, 0.717) is 6.42 Å². The zero-order valence-corrected chi connectivity index (χ0v) is 10.6. The van der Waals surface area contributed by atoms with Gasteiger partial charge in [-0.15, -0.1) is 0 Å². The topological polar surface area (TPSA) is 66.8 Å². The van der Waals surface area contributed by atoms with Crippen molar-refractivity contribution in [2.45, 2.75) is 38.7 Å². The number of aliphatic hydroxyl groups excluding tert-OH is 1. The second-order valence-electron chi connectivity index (χ2n) is 4.41. The van der Waals surface area contributed by atoms with Crippen LogP contribution in [-0.4, -0.2) is 28.9 Å². The number of aliphatic carboxylic acids is 1. The Morgan fingerprint density at radius 2 is 2.17 bits per heavy atom. The molecule has 0 aliphatic heterocycles. The Hall–Kier alpha value is -1.55. The fraction of sp³-hybridized carbons (Fsp3) is 0.500. The lowest BCUT2D eigenvalue weighted by atomic mass is 10.1. The fourth-order valence-electron chi connectivity index (χ4n) is 1.61. The molecule has 0 saturated heterocycles. The van der Waals surface area contributed by atoms with Crippen molar-refractivity contribution >= 4 is 5.97 Å². The van der Waals surface area contributed by atoms with Gasteiger partial charge in [0.2, 0.25) is 0 Å². The minimum atomic E-state index is -0.746. The number of hydrogen-bond donors (Lipinski definition) is 2. The van der Waals surface area contributed by atoms with Gasteiger partial charge in [-0.25, -0.2) is 0 Å². The maximum Gasteiger partial charge on any atom is 0.303 e. The molecular weight excluding hydrogens is 232 g/mol. The molecule has 0 radical (unpaired) electrons. The molecule has 0 fully saturated rings. The van der Waals surface area contributed by atoms with Crippen LogP contribution in [0.15, 0.2) is 24.3 Å². The molecule has 1 aromatic rings. The number of unbranched alkanes of at least 4 members (excludes halogenated alkanes) is 1. The number of aryl methyl sites for hydroxylation is 1. The molecule has 0 aromatic heterocycles. The van der Waals surface area contributed by atoms with E-state index >= 15 is 0 Å². The van der Waals surface area contributed by atoms with Crippen molar-refractivity contribution in [3.63, 3.8) is 0 Å². The standard InChI is InChI=1S/C14H20O4/c1-11(15)10-18-13-7-4-6-12(9-13)5-2-3-8-14(16)17/h4,6-7,9,11,15H,2-3,5,8,10H2,1H3,(H,16,17)/t11-/m1/s1. The van der Waals surface area contributed by atoms with Crippen LogP contribution in [0.3, 0.4) is 0 Å². The van der Waals surface area contributed by atoms with E-state index in [1.807, 2.05) is 24.3 Å². The number of aliphatic hydroxyl groups is 1. The largest absolute Gasteiger partial charge is 0.491 e. The SMILES string of the molecule is C[C@@H](O)COc1cccc(CCCCC(=O)O)c1. The van der Waals surface area contributed by atoms with E-state index in [2.05, 4.69) is 0 Å². The third kappa shape index (κ3) is 6.25. The molecule has 0 aliphatic carbocycles. The molecule has 1 aromatic carbocycles. The first-order valence-electron chi connectivity index (χ1n) is 6.19. The summed E-state index contributed by atoms with van der Waals surface area (Å²) in [6.07, 6.45) is 2.13. The zero-order valence-electron chi connectivity index (χ0n) is 10.6. The Balaban J connectivity index is 2.37. The average Bonchev–Trinajstić information content (AvgIpc) is 2.32. The average molecular weight is 252 g/mol. The molecule has 1 rings (SSSR count). The summed E-state index contributed by atoms with van der Waals surface area (Å²) < 4.78 is 5.41. The van der Waals surface area contributed by atoms with E-state index in [9.17, 15) is 4.79 Å². The van der Waals surface area contributed by atoms with Crippen molar-refractivity contribution < 1.29 is 19.7 Å². The Bertz CT molecular complexity index is 374. The van der Waals surface area contributed by atoms with Crippen LogP contribution in [0.4, 0.5) is 0 Å². The molecule has 2 N–H and O–H groups in total. The third-order valence-electron chi connectivity index (χ3n) is 2.50. The van der Waals surface area contributed by atoms with Crippen LogP contribution >= 0.6 is 0 Å². The van der Waals surface area contributed by atoms with Gasteiger partial charge in [0, 0.05) is 6.42 Å². The van der Waals surface area contributed by atoms with Gasteiger partial charge in [0.1, 0.15) is 12.4 Å². The van der Waals surface area contributed by atoms with Crippen LogP contribution < -0.4 is 4.74 Å². The molecule has 4 heteroatoms. The molecule has 4 nitrogen and oxygen atoms in total. The van der Waals surface area contributed by atoms with Crippen LogP contribution in [0.2, 0.25) is 0 Å². The van der Waals surface area contributed by atoms with Gasteiger partial charge in [-0.1, -0.05) is 12.1 Å². The first-order valence-corrected chi connectivity index (χ1v) is 6.19. The smallest absolute Gasteiger partial charge is 0.303 e. The van der Waals surface area contributed by atoms with Gasteiger partial charge in [-0.05, 0) is 43.9 Å². The molecule has 0 saturated carbocycles. The van der Waals surface area contributed by atoms with E-state index < -0.39 is 12.1 Å². The summed E-state index contributed by atoms with van der Waals surface area (Å²) in [5.74, 6) is -0.00403. The minimum absolute atomic E-state index is 0.220. The molecule has 0 bridgehead atoms. The summed E-state index contributed by atoms with van der Waals surface area (Å²) in [4.78, 5) is 10.4. The van der Waals surface area contributed by atoms with E-state index in [0.717, 1.165) is 24.2 Å². The Morgan fingerprint density at radius 3 is 2.83 bits per heavy atom. The number of rotatable bonds is 8. The van der Waals surface area contributed by atoms with E-state index in [4.69, 9.17) is 14.9 Å². The summed E-state index contributed by atoms with van der Waals surface area (Å²) in [7, 11) is 0. The minimum Gasteiger partial charge on any atom is -0.491 e. The molecule has 0 unspecified atom stereocenters. The number of hydrogen-bond acceptors (Lipinski definition) is 3. The van der Waals surface area contributed by atoms with Gasteiger partial charge in [0.15, 0.2) is 0 Å². The quantitative estimate of drug-likeness (QED) is 0.696. The summed E-state index contributed by atoms with van der Waals surface area (Å²) in [6, 6.07) is 7.69. The zero-order chi connectivity index (χ0) is 13.4. The van der Waals surface area contributed by atoms with Crippen LogP contribution in [-0.2, 0) is 11.2 Å². The number of carboxylic acid groups (broad SMARTS) is 1. The first kappa shape index (κ1) is 14.5. The predicted octanol–water partition coefficient (Wildman–Crippen LogP) is 2.24. The van der Waals surface area contributed by atoms with Crippen LogP contribution in [0.1, 0.15) is 31.7 Å². The molecule has 0 aliphatic rings. The maximum atomic E-state index is 10.4. The van der Waals surface area contributed by atoms with Crippen molar-refractivity contribution in [3.05, 3.63) is 29.8 Å². The van der Waals surface area contributed by atoms with Crippen molar-refractivity contribution in [1.82, 2.24) is 0 Å². The highest BCUT2D eigenvalue weighted by Gasteiger charge is 2.01. The summed E-state index contributed by atoms with van der Waals surface area (Å²) >= 11 is 0. The van der Waals surface area contributed by atoms with Gasteiger partial charge in [0.05, 0.1) is 6.10 Å². The molecule has 1 atom stereocenters. The predicted molar refractivity (Wildman–Crippen MR) is 68.8 cm³/mol. The Labute approximate surface area is 107 Å². The Morgan fingerprint density at radius 1 is 1.39 bits per heavy atom. The number of ether oxygens (including phenoxy) is 1. The lowest BCUT2D eigenvalue weighted by Crippen LogP contribution is -2.12. The van der Waals surface area contributed by atoms with Gasteiger partial charge >= 0.3 is 5.97 Å². The van der Waals surface area contributed by atoms with Crippen LogP contribution in [0.25, 0.3) is 0 Å². The molecule has 0 amide bonds. The van der Waals surface area contributed by atoms with Crippen molar-refractivity contribution in [2.24, 2.45) is 0 Å². The van der Waals surface area contributed by atoms with Crippen LogP contribution in [0.5, 0.6) is 5.75 Å². The summed E-state index contributed by atoms with van der Waals surface area (Å²) in [5.41, 5.74) is 1.13. The van der Waals surface area contributed by atoms with E-state index in [-0.39, 0.29) is 13.0 Å². The van der Waals surface area contributed by atoms with Gasteiger partial charge in [-0.2, -0.15) is 0 Å². The van der Waals surface area contributed by atoms with Gasteiger partial charge < -0.3 is 14.9 Å². The van der Waals surface area contributed by atoms with Crippen molar-refractivity contribution in [2.75, 3.05) is 6.61 Å². The molecule has 18 heavy (non-hydrogen) atoms. The maximum absolute atomic E-state index is 10.4. The lowest BCUT2D eigenvalue weighted by Gasteiger charge is -2.09. The molecular formula is C14H20O4. The van der Waals surface area contributed by atoms with E-state index in [1.165, 1.54) is 0 Å². The highest BCUT2D eigenvalue weighted by molar-refractivity contribution is 5.66. The third-order valence-corrected chi connectivity index (χ3v) is 2.50. The number of carboxylic acids is 1. The highest BCUT2D eigenvalue weighted by Crippen LogP contribution is 2.15.